The van der Waals surface area contributed by atoms with Gasteiger partial charge in [-0.25, -0.2) is 4.39 Å². The minimum Gasteiger partial charge on any atom is -0.494 e. The van der Waals surface area contributed by atoms with E-state index in [0.717, 1.165) is 5.56 Å². The monoisotopic (exact) mass is 287 g/mol. The van der Waals surface area contributed by atoms with Crippen molar-refractivity contribution in [3.05, 3.63) is 29.6 Å². The van der Waals surface area contributed by atoms with Crippen molar-refractivity contribution in [2.75, 3.05) is 20.0 Å². The van der Waals surface area contributed by atoms with Crippen LogP contribution in [0.25, 0.3) is 0 Å². The van der Waals surface area contributed by atoms with Gasteiger partial charge >= 0.3 is 0 Å². The van der Waals surface area contributed by atoms with Crippen LogP contribution in [0.4, 0.5) is 4.39 Å². The highest BCUT2D eigenvalue weighted by molar-refractivity contribution is 7.99. The van der Waals surface area contributed by atoms with Crippen LogP contribution in [0.1, 0.15) is 25.5 Å². The lowest BCUT2D eigenvalue weighted by Gasteiger charge is -2.25. The lowest BCUT2D eigenvalue weighted by atomic mass is 10.1. The molecule has 0 radical (unpaired) electrons. The Hall–Kier alpha value is -0.780. The van der Waals surface area contributed by atoms with Gasteiger partial charge in [0.15, 0.2) is 11.6 Å². The number of thioether (sulfide) groups is 1. The molecule has 1 aromatic carbocycles. The summed E-state index contributed by atoms with van der Waals surface area (Å²) < 4.78 is 18.5. The van der Waals surface area contributed by atoms with Crippen LogP contribution in [0, 0.1) is 5.82 Å². The number of aliphatic hydroxyl groups excluding tert-OH is 1. The third-order valence-electron chi connectivity index (χ3n) is 3.23. The second-order valence-electron chi connectivity index (χ2n) is 4.53. The standard InChI is InChI=1S/C14H22FNO2S/c1-9(16-10(2)14(8-17)19-4)11-5-6-13(18-3)12(15)7-11/h5-7,9-10,14,16-17H,8H2,1-4H3. The van der Waals surface area contributed by atoms with Gasteiger partial charge in [0.2, 0.25) is 0 Å². The number of hydrogen-bond donors (Lipinski definition) is 2. The highest BCUT2D eigenvalue weighted by atomic mass is 32.2. The van der Waals surface area contributed by atoms with E-state index in [4.69, 9.17) is 4.74 Å². The fraction of sp³-hybridized carbons (Fsp3) is 0.571. The molecular weight excluding hydrogens is 265 g/mol. The molecule has 0 aromatic heterocycles. The van der Waals surface area contributed by atoms with E-state index in [1.807, 2.05) is 26.2 Å². The first-order valence-corrected chi connectivity index (χ1v) is 7.55. The molecule has 3 unspecified atom stereocenters. The molecule has 3 nitrogen and oxygen atoms in total. The zero-order valence-corrected chi connectivity index (χ0v) is 12.6. The van der Waals surface area contributed by atoms with Gasteiger partial charge in [-0.2, -0.15) is 11.8 Å². The highest BCUT2D eigenvalue weighted by Crippen LogP contribution is 2.23. The van der Waals surface area contributed by atoms with E-state index in [1.54, 1.807) is 17.8 Å². The number of rotatable bonds is 7. The number of halogens is 1. The second-order valence-corrected chi connectivity index (χ2v) is 5.60. The Morgan fingerprint density at radius 2 is 2.11 bits per heavy atom. The smallest absolute Gasteiger partial charge is 0.165 e. The Kier molecular flexibility index (Phi) is 6.62. The van der Waals surface area contributed by atoms with E-state index in [0.29, 0.717) is 0 Å². The van der Waals surface area contributed by atoms with Crippen LogP contribution in [-0.2, 0) is 0 Å². The zero-order chi connectivity index (χ0) is 14.4. The number of benzene rings is 1. The number of methoxy groups -OCH3 is 1. The quantitative estimate of drug-likeness (QED) is 0.809. The molecule has 0 aliphatic carbocycles. The first-order valence-electron chi connectivity index (χ1n) is 6.26. The van der Waals surface area contributed by atoms with E-state index in [-0.39, 0.29) is 35.5 Å². The predicted octanol–water partition coefficient (Wildman–Crippen LogP) is 2.60. The third-order valence-corrected chi connectivity index (χ3v) is 4.39. The summed E-state index contributed by atoms with van der Waals surface area (Å²) in [5, 5.41) is 12.8. The maximum absolute atomic E-state index is 13.6. The van der Waals surface area contributed by atoms with E-state index in [9.17, 15) is 9.50 Å². The number of aliphatic hydroxyl groups is 1. The summed E-state index contributed by atoms with van der Waals surface area (Å²) >= 11 is 1.62. The van der Waals surface area contributed by atoms with Gasteiger partial charge in [0, 0.05) is 17.3 Å². The molecule has 1 rings (SSSR count). The fourth-order valence-electron chi connectivity index (χ4n) is 1.99. The predicted molar refractivity (Wildman–Crippen MR) is 78.4 cm³/mol. The van der Waals surface area contributed by atoms with Crippen molar-refractivity contribution < 1.29 is 14.2 Å². The molecule has 2 N–H and O–H groups in total. The van der Waals surface area contributed by atoms with E-state index in [2.05, 4.69) is 5.32 Å². The van der Waals surface area contributed by atoms with E-state index >= 15 is 0 Å². The molecule has 0 aliphatic heterocycles. The molecule has 0 bridgehead atoms. The molecule has 108 valence electrons. The van der Waals surface area contributed by atoms with Crippen LogP contribution in [0.3, 0.4) is 0 Å². The Morgan fingerprint density at radius 3 is 2.58 bits per heavy atom. The summed E-state index contributed by atoms with van der Waals surface area (Å²) in [7, 11) is 1.45. The fourth-order valence-corrected chi connectivity index (χ4v) is 2.62. The van der Waals surface area contributed by atoms with Crippen LogP contribution in [0.2, 0.25) is 0 Å². The summed E-state index contributed by atoms with van der Waals surface area (Å²) in [5.74, 6) is -0.105. The number of hydrogen-bond acceptors (Lipinski definition) is 4. The van der Waals surface area contributed by atoms with Crippen molar-refractivity contribution in [1.29, 1.82) is 0 Å². The molecule has 3 atom stereocenters. The molecule has 0 saturated carbocycles. The average Bonchev–Trinajstić information content (AvgIpc) is 2.39. The third kappa shape index (κ3) is 4.37. The Bertz CT molecular complexity index is 399. The van der Waals surface area contributed by atoms with Crippen molar-refractivity contribution in [3.63, 3.8) is 0 Å². The van der Waals surface area contributed by atoms with Crippen LogP contribution in [0.15, 0.2) is 18.2 Å². The molecule has 0 aliphatic rings. The van der Waals surface area contributed by atoms with Gasteiger partial charge in [0.25, 0.3) is 0 Å². The lowest BCUT2D eigenvalue weighted by molar-refractivity contribution is 0.271. The Morgan fingerprint density at radius 1 is 1.42 bits per heavy atom. The number of nitrogens with one attached hydrogen (secondary N) is 1. The topological polar surface area (TPSA) is 41.5 Å². The van der Waals surface area contributed by atoms with Gasteiger partial charge in [-0.1, -0.05) is 6.07 Å². The minimum absolute atomic E-state index is 0.0107. The van der Waals surface area contributed by atoms with Gasteiger partial charge < -0.3 is 15.2 Å². The Labute approximate surface area is 118 Å². The first kappa shape index (κ1) is 16.3. The Balaban J connectivity index is 2.72. The van der Waals surface area contributed by atoms with Crippen molar-refractivity contribution in [2.24, 2.45) is 0 Å². The minimum atomic E-state index is -0.357. The molecule has 0 fully saturated rings. The van der Waals surface area contributed by atoms with Crippen LogP contribution >= 0.6 is 11.8 Å². The molecule has 19 heavy (non-hydrogen) atoms. The molecule has 0 heterocycles. The van der Waals surface area contributed by atoms with Gasteiger partial charge in [-0.3, -0.25) is 0 Å². The van der Waals surface area contributed by atoms with Gasteiger partial charge in [-0.15, -0.1) is 0 Å². The normalized spacial score (nSPS) is 15.9. The summed E-state index contributed by atoms with van der Waals surface area (Å²) in [4.78, 5) is 0. The van der Waals surface area contributed by atoms with Crippen LogP contribution in [-0.4, -0.2) is 36.4 Å². The number of ether oxygens (including phenoxy) is 1. The molecule has 0 saturated heterocycles. The van der Waals surface area contributed by atoms with Gasteiger partial charge in [0.05, 0.1) is 13.7 Å². The average molecular weight is 287 g/mol. The van der Waals surface area contributed by atoms with Gasteiger partial charge in [0.1, 0.15) is 0 Å². The summed E-state index contributed by atoms with van der Waals surface area (Å²) in [5.41, 5.74) is 0.864. The van der Waals surface area contributed by atoms with E-state index in [1.165, 1.54) is 13.2 Å². The highest BCUT2D eigenvalue weighted by Gasteiger charge is 2.18. The maximum Gasteiger partial charge on any atom is 0.165 e. The summed E-state index contributed by atoms with van der Waals surface area (Å²) in [6, 6.07) is 5.11. The largest absolute Gasteiger partial charge is 0.494 e. The molecule has 0 amide bonds. The van der Waals surface area contributed by atoms with Crippen molar-refractivity contribution in [3.8, 4) is 5.75 Å². The van der Waals surface area contributed by atoms with Crippen LogP contribution in [0.5, 0.6) is 5.75 Å². The van der Waals surface area contributed by atoms with Crippen molar-refractivity contribution in [1.82, 2.24) is 5.32 Å². The molecule has 1 aromatic rings. The summed E-state index contributed by atoms with van der Waals surface area (Å²) in [6.07, 6.45) is 1.97. The summed E-state index contributed by atoms with van der Waals surface area (Å²) in [6.45, 7) is 4.12. The first-order chi connectivity index (χ1) is 9.03. The maximum atomic E-state index is 13.6. The second kappa shape index (κ2) is 7.72. The molecule has 5 heteroatoms. The van der Waals surface area contributed by atoms with Crippen molar-refractivity contribution >= 4 is 11.8 Å². The SMILES string of the molecule is COc1ccc(C(C)NC(C)C(CO)SC)cc1F. The molecular formula is C14H22FNO2S. The van der Waals surface area contributed by atoms with Crippen molar-refractivity contribution in [2.45, 2.75) is 31.2 Å². The molecule has 0 spiro atoms. The van der Waals surface area contributed by atoms with E-state index < -0.39 is 0 Å². The van der Waals surface area contributed by atoms with Gasteiger partial charge in [-0.05, 0) is 37.8 Å². The zero-order valence-electron chi connectivity index (χ0n) is 11.8. The lowest BCUT2D eigenvalue weighted by Crippen LogP contribution is -2.38. The van der Waals surface area contributed by atoms with Crippen LogP contribution < -0.4 is 10.1 Å².